The second-order valence-electron chi connectivity index (χ2n) is 6.80. The van der Waals surface area contributed by atoms with Crippen LogP contribution in [0.4, 0.5) is 11.6 Å². The molecule has 2 aromatic heterocycles. The lowest BCUT2D eigenvalue weighted by Crippen LogP contribution is -2.29. The topological polar surface area (TPSA) is 111 Å². The van der Waals surface area contributed by atoms with Crippen molar-refractivity contribution in [2.75, 3.05) is 12.4 Å². The molecule has 5 rings (SSSR count). The van der Waals surface area contributed by atoms with Gasteiger partial charge in [0.25, 0.3) is 5.56 Å². The van der Waals surface area contributed by atoms with E-state index in [1.807, 2.05) is 55.5 Å². The SMILES string of the molecule is COc1ccc([C@H]2c3c(-c4ccc(C)cc4)n[nH]c(=O)c3Nc3nnnn32)cc1. The quantitative estimate of drug-likeness (QED) is 0.489. The highest BCUT2D eigenvalue weighted by atomic mass is 16.5. The van der Waals surface area contributed by atoms with Gasteiger partial charge < -0.3 is 10.1 Å². The lowest BCUT2D eigenvalue weighted by atomic mass is 9.92. The molecule has 2 N–H and O–H groups in total. The van der Waals surface area contributed by atoms with E-state index in [-0.39, 0.29) is 5.56 Å². The zero-order valence-electron chi connectivity index (χ0n) is 15.7. The number of nitrogens with one attached hydrogen (secondary N) is 2. The molecular formula is C20H17N7O2. The fraction of sp³-hybridized carbons (Fsp3) is 0.150. The van der Waals surface area contributed by atoms with Crippen molar-refractivity contribution in [1.82, 2.24) is 30.4 Å². The van der Waals surface area contributed by atoms with Gasteiger partial charge in [-0.3, -0.25) is 4.79 Å². The molecule has 2 aromatic carbocycles. The zero-order chi connectivity index (χ0) is 20.0. The first kappa shape index (κ1) is 17.1. The van der Waals surface area contributed by atoms with Crippen molar-refractivity contribution in [3.8, 4) is 17.0 Å². The summed E-state index contributed by atoms with van der Waals surface area (Å²) in [5.74, 6) is 1.13. The van der Waals surface area contributed by atoms with Crippen LogP contribution in [-0.2, 0) is 0 Å². The van der Waals surface area contributed by atoms with E-state index < -0.39 is 6.04 Å². The van der Waals surface area contributed by atoms with Crippen molar-refractivity contribution < 1.29 is 4.74 Å². The summed E-state index contributed by atoms with van der Waals surface area (Å²) in [7, 11) is 1.62. The van der Waals surface area contributed by atoms with Gasteiger partial charge in [-0.2, -0.15) is 9.78 Å². The molecule has 0 fully saturated rings. The molecule has 0 radical (unpaired) electrons. The van der Waals surface area contributed by atoms with Crippen molar-refractivity contribution in [3.05, 3.63) is 75.6 Å². The number of fused-ring (bicyclic) bond motifs is 2. The molecule has 1 aliphatic rings. The van der Waals surface area contributed by atoms with Gasteiger partial charge in [0.1, 0.15) is 17.5 Å². The van der Waals surface area contributed by atoms with Gasteiger partial charge in [-0.25, -0.2) is 5.10 Å². The van der Waals surface area contributed by atoms with Crippen LogP contribution in [0, 0.1) is 6.92 Å². The highest BCUT2D eigenvalue weighted by Gasteiger charge is 2.34. The minimum atomic E-state index is -0.423. The van der Waals surface area contributed by atoms with E-state index in [1.165, 1.54) is 0 Å². The molecule has 0 saturated carbocycles. The summed E-state index contributed by atoms with van der Waals surface area (Å²) in [6.45, 7) is 2.02. The Balaban J connectivity index is 1.78. The van der Waals surface area contributed by atoms with Crippen LogP contribution in [0.3, 0.4) is 0 Å². The third-order valence-corrected chi connectivity index (χ3v) is 5.02. The standard InChI is InChI=1S/C20H17N7O2/c1-11-3-5-12(6-4-11)16-15-17(19(28)23-22-16)21-20-24-25-26-27(20)18(15)13-7-9-14(29-2)10-8-13/h3-10,18H,1-2H3,(H,23,28)(H,21,24,26)/t18-/m0/s1. The molecule has 3 heterocycles. The smallest absolute Gasteiger partial charge is 0.288 e. The maximum absolute atomic E-state index is 12.6. The molecule has 9 heteroatoms. The number of hydrogen-bond donors (Lipinski definition) is 2. The van der Waals surface area contributed by atoms with Crippen molar-refractivity contribution in [2.45, 2.75) is 13.0 Å². The Hall–Kier alpha value is -4.01. The molecule has 29 heavy (non-hydrogen) atoms. The normalized spacial score (nSPS) is 14.6. The fourth-order valence-electron chi connectivity index (χ4n) is 3.56. The van der Waals surface area contributed by atoms with Crippen LogP contribution < -0.4 is 15.6 Å². The molecule has 0 amide bonds. The second-order valence-corrected chi connectivity index (χ2v) is 6.80. The summed E-state index contributed by atoms with van der Waals surface area (Å²) in [4.78, 5) is 12.6. The van der Waals surface area contributed by atoms with Crippen LogP contribution >= 0.6 is 0 Å². The number of tetrazole rings is 1. The Morgan fingerprint density at radius 1 is 1.07 bits per heavy atom. The summed E-state index contributed by atoms with van der Waals surface area (Å²) in [5.41, 5.74) is 4.36. The van der Waals surface area contributed by atoms with Crippen LogP contribution in [0.25, 0.3) is 11.3 Å². The van der Waals surface area contributed by atoms with Gasteiger partial charge >= 0.3 is 0 Å². The number of aromatic nitrogens is 6. The van der Waals surface area contributed by atoms with Gasteiger partial charge in [0, 0.05) is 11.1 Å². The third kappa shape index (κ3) is 2.75. The number of ether oxygens (including phenoxy) is 1. The van der Waals surface area contributed by atoms with Crippen molar-refractivity contribution in [1.29, 1.82) is 0 Å². The molecule has 0 aliphatic carbocycles. The minimum absolute atomic E-state index is 0.330. The number of nitrogens with zero attached hydrogens (tertiary/aromatic N) is 5. The number of aryl methyl sites for hydroxylation is 1. The molecule has 4 aromatic rings. The number of hydrogen-bond acceptors (Lipinski definition) is 7. The van der Waals surface area contributed by atoms with Gasteiger partial charge in [-0.15, -0.1) is 0 Å². The number of benzene rings is 2. The molecular weight excluding hydrogens is 370 g/mol. The van der Waals surface area contributed by atoms with Crippen LogP contribution in [-0.4, -0.2) is 37.5 Å². The highest BCUT2D eigenvalue weighted by molar-refractivity contribution is 5.75. The first-order chi connectivity index (χ1) is 14.2. The Bertz CT molecular complexity index is 1240. The van der Waals surface area contributed by atoms with Gasteiger partial charge in [0.15, 0.2) is 0 Å². The summed E-state index contributed by atoms with van der Waals surface area (Å²) in [6.07, 6.45) is 0. The molecule has 0 saturated heterocycles. The second kappa shape index (κ2) is 6.55. The predicted octanol–water partition coefficient (Wildman–Crippen LogP) is 2.44. The summed E-state index contributed by atoms with van der Waals surface area (Å²) in [5, 5.41) is 22.0. The van der Waals surface area contributed by atoms with Gasteiger partial charge in [0.05, 0.1) is 12.8 Å². The van der Waals surface area contributed by atoms with Crippen molar-refractivity contribution >= 4 is 11.6 Å². The third-order valence-electron chi connectivity index (χ3n) is 5.02. The van der Waals surface area contributed by atoms with Crippen molar-refractivity contribution in [2.24, 2.45) is 0 Å². The Labute approximate surface area is 165 Å². The van der Waals surface area contributed by atoms with Crippen LogP contribution in [0.2, 0.25) is 0 Å². The van der Waals surface area contributed by atoms with Crippen LogP contribution in [0.1, 0.15) is 22.7 Å². The lowest BCUT2D eigenvalue weighted by molar-refractivity contribution is 0.414. The van der Waals surface area contributed by atoms with E-state index >= 15 is 0 Å². The molecule has 0 spiro atoms. The van der Waals surface area contributed by atoms with Crippen molar-refractivity contribution in [3.63, 3.8) is 0 Å². The Kier molecular flexibility index (Phi) is 3.87. The Morgan fingerprint density at radius 3 is 2.55 bits per heavy atom. The monoisotopic (exact) mass is 387 g/mol. The molecule has 1 aliphatic heterocycles. The summed E-state index contributed by atoms with van der Waals surface area (Å²) < 4.78 is 6.93. The summed E-state index contributed by atoms with van der Waals surface area (Å²) in [6, 6.07) is 15.2. The number of methoxy groups -OCH3 is 1. The minimum Gasteiger partial charge on any atom is -0.497 e. The molecule has 0 bridgehead atoms. The van der Waals surface area contributed by atoms with Gasteiger partial charge in [-0.1, -0.05) is 47.1 Å². The molecule has 9 nitrogen and oxygen atoms in total. The van der Waals surface area contributed by atoms with E-state index in [9.17, 15) is 4.79 Å². The largest absolute Gasteiger partial charge is 0.497 e. The number of anilines is 2. The lowest BCUT2D eigenvalue weighted by Gasteiger charge is -2.27. The molecule has 144 valence electrons. The van der Waals surface area contributed by atoms with E-state index in [0.29, 0.717) is 22.9 Å². The predicted molar refractivity (Wildman–Crippen MR) is 106 cm³/mol. The van der Waals surface area contributed by atoms with Gasteiger partial charge in [-0.05, 0) is 35.0 Å². The zero-order valence-corrected chi connectivity index (χ0v) is 15.7. The van der Waals surface area contributed by atoms with E-state index in [2.05, 4.69) is 31.0 Å². The molecule has 1 atom stereocenters. The highest BCUT2D eigenvalue weighted by Crippen LogP contribution is 2.41. The molecule has 0 unspecified atom stereocenters. The summed E-state index contributed by atoms with van der Waals surface area (Å²) >= 11 is 0. The van der Waals surface area contributed by atoms with Crippen LogP contribution in [0.15, 0.2) is 53.3 Å². The maximum atomic E-state index is 12.6. The average molecular weight is 387 g/mol. The van der Waals surface area contributed by atoms with E-state index in [0.717, 1.165) is 22.4 Å². The number of aromatic amines is 1. The van der Waals surface area contributed by atoms with Crippen LogP contribution in [0.5, 0.6) is 5.75 Å². The van der Waals surface area contributed by atoms with Gasteiger partial charge in [0.2, 0.25) is 5.95 Å². The average Bonchev–Trinajstić information content (AvgIpc) is 3.22. The van der Waals surface area contributed by atoms with E-state index in [4.69, 9.17) is 4.74 Å². The van der Waals surface area contributed by atoms with E-state index in [1.54, 1.807) is 11.8 Å². The Morgan fingerprint density at radius 2 is 1.83 bits per heavy atom. The number of H-pyrrole nitrogens is 1. The first-order valence-corrected chi connectivity index (χ1v) is 9.04. The first-order valence-electron chi connectivity index (χ1n) is 9.04. The number of rotatable bonds is 3. The fourth-order valence-corrected chi connectivity index (χ4v) is 3.56. The maximum Gasteiger partial charge on any atom is 0.288 e.